The van der Waals surface area contributed by atoms with E-state index in [0.29, 0.717) is 5.92 Å². The molecular formula is C14H20ClN3S. The van der Waals surface area contributed by atoms with Crippen LogP contribution in [0.5, 0.6) is 0 Å². The summed E-state index contributed by atoms with van der Waals surface area (Å²) in [6.07, 6.45) is 3.90. The van der Waals surface area contributed by atoms with E-state index < -0.39 is 0 Å². The highest BCUT2D eigenvalue weighted by atomic mass is 35.5. The molecule has 104 valence electrons. The topological polar surface area (TPSA) is 37.8 Å². The molecule has 2 aromatic rings. The Morgan fingerprint density at radius 3 is 2.89 bits per heavy atom. The molecule has 1 unspecified atom stereocenters. The first-order valence-corrected chi connectivity index (χ1v) is 7.99. The van der Waals surface area contributed by atoms with E-state index in [4.69, 9.17) is 11.6 Å². The Bertz CT molecular complexity index is 553. The smallest absolute Gasteiger partial charge is 0.138 e. The molecule has 0 amide bonds. The number of thiophene rings is 1. The van der Waals surface area contributed by atoms with Gasteiger partial charge in [-0.1, -0.05) is 6.92 Å². The lowest BCUT2D eigenvalue weighted by molar-refractivity contribution is 0.572. The van der Waals surface area contributed by atoms with Crippen molar-refractivity contribution in [3.05, 3.63) is 16.8 Å². The fraction of sp³-hybridized carbons (Fsp3) is 0.571. The molecule has 2 rings (SSSR count). The summed E-state index contributed by atoms with van der Waals surface area (Å²) in [5.74, 6) is 2.28. The van der Waals surface area contributed by atoms with E-state index >= 15 is 0 Å². The fourth-order valence-electron chi connectivity index (χ4n) is 2.05. The number of halogens is 1. The van der Waals surface area contributed by atoms with E-state index in [9.17, 15) is 0 Å². The van der Waals surface area contributed by atoms with Crippen LogP contribution >= 0.6 is 22.9 Å². The molecule has 1 N–H and O–H groups in total. The van der Waals surface area contributed by atoms with Crippen molar-refractivity contribution >= 4 is 39.0 Å². The van der Waals surface area contributed by atoms with Crippen LogP contribution in [0.1, 0.15) is 30.2 Å². The van der Waals surface area contributed by atoms with Crippen LogP contribution in [0.4, 0.5) is 5.82 Å². The Morgan fingerprint density at radius 1 is 1.37 bits per heavy atom. The highest BCUT2D eigenvalue weighted by Crippen LogP contribution is 2.32. The minimum Gasteiger partial charge on any atom is -0.369 e. The molecule has 0 aliphatic rings. The lowest BCUT2D eigenvalue weighted by Crippen LogP contribution is -2.06. The molecule has 0 aliphatic heterocycles. The summed E-state index contributed by atoms with van der Waals surface area (Å²) in [5, 5.41) is 4.61. The Morgan fingerprint density at radius 2 is 2.16 bits per heavy atom. The van der Waals surface area contributed by atoms with E-state index in [1.807, 2.05) is 0 Å². The predicted molar refractivity (Wildman–Crippen MR) is 84.5 cm³/mol. The Kier molecular flexibility index (Phi) is 4.99. The quantitative estimate of drug-likeness (QED) is 0.635. The first-order chi connectivity index (χ1) is 9.13. The van der Waals surface area contributed by atoms with Crippen LogP contribution in [0.25, 0.3) is 10.2 Å². The molecule has 0 radical (unpaired) electrons. The van der Waals surface area contributed by atoms with Crippen molar-refractivity contribution in [3.8, 4) is 0 Å². The van der Waals surface area contributed by atoms with Crippen LogP contribution in [-0.4, -0.2) is 22.4 Å². The third-order valence-corrected chi connectivity index (χ3v) is 5.04. The van der Waals surface area contributed by atoms with Gasteiger partial charge in [0.05, 0.1) is 5.39 Å². The van der Waals surface area contributed by atoms with Crippen molar-refractivity contribution < 1.29 is 0 Å². The highest BCUT2D eigenvalue weighted by molar-refractivity contribution is 7.18. The van der Waals surface area contributed by atoms with Gasteiger partial charge in [0.2, 0.25) is 0 Å². The molecule has 19 heavy (non-hydrogen) atoms. The van der Waals surface area contributed by atoms with Gasteiger partial charge in [-0.15, -0.1) is 22.9 Å². The SMILES string of the molecule is Cc1sc2ncnc(NCCCC(C)CCl)c2c1C. The van der Waals surface area contributed by atoms with E-state index in [1.54, 1.807) is 17.7 Å². The summed E-state index contributed by atoms with van der Waals surface area (Å²) >= 11 is 7.54. The summed E-state index contributed by atoms with van der Waals surface area (Å²) in [7, 11) is 0. The Balaban J connectivity index is 2.04. The fourth-order valence-corrected chi connectivity index (χ4v) is 3.20. The molecule has 2 heterocycles. The molecular weight excluding hydrogens is 278 g/mol. The number of aromatic nitrogens is 2. The minimum atomic E-state index is 0.582. The van der Waals surface area contributed by atoms with Gasteiger partial charge in [-0.05, 0) is 38.2 Å². The molecule has 0 spiro atoms. The average molecular weight is 298 g/mol. The zero-order valence-corrected chi connectivity index (χ0v) is 13.2. The van der Waals surface area contributed by atoms with Gasteiger partial charge in [0.15, 0.2) is 0 Å². The van der Waals surface area contributed by atoms with Crippen LogP contribution < -0.4 is 5.32 Å². The van der Waals surface area contributed by atoms with Gasteiger partial charge in [-0.25, -0.2) is 9.97 Å². The Labute approximate surface area is 123 Å². The number of nitrogens with one attached hydrogen (secondary N) is 1. The van der Waals surface area contributed by atoms with E-state index in [2.05, 4.69) is 36.1 Å². The average Bonchev–Trinajstić information content (AvgIpc) is 2.70. The number of alkyl halides is 1. The number of fused-ring (bicyclic) bond motifs is 1. The molecule has 5 heteroatoms. The van der Waals surface area contributed by atoms with Crippen molar-refractivity contribution in [2.45, 2.75) is 33.6 Å². The van der Waals surface area contributed by atoms with Gasteiger partial charge in [0.1, 0.15) is 17.0 Å². The van der Waals surface area contributed by atoms with Gasteiger partial charge >= 0.3 is 0 Å². The summed E-state index contributed by atoms with van der Waals surface area (Å²) in [6, 6.07) is 0. The highest BCUT2D eigenvalue weighted by Gasteiger charge is 2.11. The summed E-state index contributed by atoms with van der Waals surface area (Å²) in [5.41, 5.74) is 1.29. The summed E-state index contributed by atoms with van der Waals surface area (Å²) in [4.78, 5) is 11.1. The molecule has 0 saturated carbocycles. The summed E-state index contributed by atoms with van der Waals surface area (Å²) < 4.78 is 0. The monoisotopic (exact) mass is 297 g/mol. The molecule has 0 saturated heterocycles. The first kappa shape index (κ1) is 14.5. The minimum absolute atomic E-state index is 0.582. The van der Waals surface area contributed by atoms with Crippen molar-refractivity contribution in [2.24, 2.45) is 5.92 Å². The zero-order chi connectivity index (χ0) is 13.8. The predicted octanol–water partition coefficient (Wildman–Crippen LogP) is 4.38. The van der Waals surface area contributed by atoms with Crippen molar-refractivity contribution in [2.75, 3.05) is 17.7 Å². The van der Waals surface area contributed by atoms with Crippen molar-refractivity contribution in [1.82, 2.24) is 9.97 Å². The maximum atomic E-state index is 5.81. The normalized spacial score (nSPS) is 12.8. The van der Waals surface area contributed by atoms with Gasteiger partial charge in [0.25, 0.3) is 0 Å². The largest absolute Gasteiger partial charge is 0.369 e. The molecule has 2 aromatic heterocycles. The van der Waals surface area contributed by atoms with Gasteiger partial charge < -0.3 is 5.32 Å². The van der Waals surface area contributed by atoms with Gasteiger partial charge in [-0.3, -0.25) is 0 Å². The molecule has 0 aromatic carbocycles. The number of hydrogen-bond donors (Lipinski definition) is 1. The Hall–Kier alpha value is -0.870. The van der Waals surface area contributed by atoms with Crippen LogP contribution in [0.15, 0.2) is 6.33 Å². The summed E-state index contributed by atoms with van der Waals surface area (Å²) in [6.45, 7) is 7.38. The lowest BCUT2D eigenvalue weighted by atomic mass is 10.1. The van der Waals surface area contributed by atoms with E-state index in [-0.39, 0.29) is 0 Å². The first-order valence-electron chi connectivity index (χ1n) is 6.64. The van der Waals surface area contributed by atoms with Crippen molar-refractivity contribution in [3.63, 3.8) is 0 Å². The second-order valence-corrected chi connectivity index (χ2v) is 6.53. The van der Waals surface area contributed by atoms with Crippen LogP contribution in [0, 0.1) is 19.8 Å². The molecule has 0 bridgehead atoms. The third-order valence-electron chi connectivity index (χ3n) is 3.39. The number of anilines is 1. The number of hydrogen-bond acceptors (Lipinski definition) is 4. The van der Waals surface area contributed by atoms with E-state index in [1.165, 1.54) is 15.8 Å². The standard InChI is InChI=1S/C14H20ClN3S/c1-9(7-15)5-4-6-16-13-12-10(2)11(3)19-14(12)18-8-17-13/h8-9H,4-7H2,1-3H3,(H,16,17,18). The zero-order valence-electron chi connectivity index (χ0n) is 11.7. The van der Waals surface area contributed by atoms with Gasteiger partial charge in [-0.2, -0.15) is 0 Å². The maximum Gasteiger partial charge on any atom is 0.138 e. The molecule has 3 nitrogen and oxygen atoms in total. The second-order valence-electron chi connectivity index (χ2n) is 5.01. The van der Waals surface area contributed by atoms with Gasteiger partial charge in [0, 0.05) is 17.3 Å². The van der Waals surface area contributed by atoms with Crippen LogP contribution in [-0.2, 0) is 0 Å². The maximum absolute atomic E-state index is 5.81. The van der Waals surface area contributed by atoms with Crippen molar-refractivity contribution in [1.29, 1.82) is 0 Å². The second kappa shape index (κ2) is 6.53. The lowest BCUT2D eigenvalue weighted by Gasteiger charge is -2.09. The van der Waals surface area contributed by atoms with Crippen LogP contribution in [0.3, 0.4) is 0 Å². The van der Waals surface area contributed by atoms with E-state index in [0.717, 1.165) is 35.9 Å². The molecule has 1 atom stereocenters. The number of nitrogens with zero attached hydrogens (tertiary/aromatic N) is 2. The molecule has 0 aliphatic carbocycles. The van der Waals surface area contributed by atoms with Crippen LogP contribution in [0.2, 0.25) is 0 Å². The number of aryl methyl sites for hydroxylation is 2. The number of rotatable bonds is 6. The third kappa shape index (κ3) is 3.37. The molecule has 0 fully saturated rings.